The summed E-state index contributed by atoms with van der Waals surface area (Å²) in [5.74, 6) is 0.604. The number of sulfonamides is 1. The second kappa shape index (κ2) is 7.78. The van der Waals surface area contributed by atoms with Crippen molar-refractivity contribution in [1.29, 1.82) is 0 Å². The Morgan fingerprint density at radius 3 is 2.65 bits per heavy atom. The molecule has 0 unspecified atom stereocenters. The van der Waals surface area contributed by atoms with Crippen molar-refractivity contribution in [3.63, 3.8) is 0 Å². The van der Waals surface area contributed by atoms with Crippen LogP contribution in [-0.4, -0.2) is 46.5 Å². The van der Waals surface area contributed by atoms with Crippen LogP contribution in [0.25, 0.3) is 0 Å². The predicted molar refractivity (Wildman–Crippen MR) is 79.0 cm³/mol. The first-order valence-electron chi connectivity index (χ1n) is 6.80. The largest absolute Gasteiger partial charge is 0.447 e. The molecule has 1 heterocycles. The van der Waals surface area contributed by atoms with Crippen LogP contribution in [0.1, 0.15) is 26.0 Å². The van der Waals surface area contributed by atoms with Gasteiger partial charge in [0.2, 0.25) is 5.09 Å². The number of hydrogen-bond donors (Lipinski definition) is 2. The molecule has 0 spiro atoms. The lowest BCUT2D eigenvalue weighted by Gasteiger charge is -2.20. The summed E-state index contributed by atoms with van der Waals surface area (Å²) in [6.07, 6.45) is 0.762. The average Bonchev–Trinajstić information content (AvgIpc) is 2.84. The fourth-order valence-corrected chi connectivity index (χ4v) is 2.66. The van der Waals surface area contributed by atoms with Crippen molar-refractivity contribution in [2.45, 2.75) is 37.9 Å². The van der Waals surface area contributed by atoms with E-state index in [0.717, 1.165) is 13.0 Å². The summed E-state index contributed by atoms with van der Waals surface area (Å²) < 4.78 is 31.8. The van der Waals surface area contributed by atoms with Crippen LogP contribution in [-0.2, 0) is 16.6 Å². The van der Waals surface area contributed by atoms with Gasteiger partial charge in [-0.05, 0) is 53.0 Å². The van der Waals surface area contributed by atoms with Crippen LogP contribution < -0.4 is 10.0 Å². The Balaban J connectivity index is 2.45. The topological polar surface area (TPSA) is 74.6 Å². The van der Waals surface area contributed by atoms with Gasteiger partial charge in [0.25, 0.3) is 10.0 Å². The van der Waals surface area contributed by atoms with Crippen molar-refractivity contribution in [2.75, 3.05) is 27.2 Å². The lowest BCUT2D eigenvalue weighted by atomic mass is 10.3. The summed E-state index contributed by atoms with van der Waals surface area (Å²) in [4.78, 5) is 2.17. The van der Waals surface area contributed by atoms with Gasteiger partial charge in [0.05, 0.1) is 6.54 Å². The van der Waals surface area contributed by atoms with Crippen LogP contribution in [0.5, 0.6) is 0 Å². The summed E-state index contributed by atoms with van der Waals surface area (Å²) in [5.41, 5.74) is 0. The van der Waals surface area contributed by atoms with Gasteiger partial charge in [-0.1, -0.05) is 0 Å². The highest BCUT2D eigenvalue weighted by Crippen LogP contribution is 2.13. The Hall–Kier alpha value is -0.890. The zero-order chi connectivity index (χ0) is 15.2. The zero-order valence-corrected chi connectivity index (χ0v) is 13.5. The van der Waals surface area contributed by atoms with Gasteiger partial charge in [0, 0.05) is 12.6 Å². The summed E-state index contributed by atoms with van der Waals surface area (Å²) in [7, 11) is 0.263. The third kappa shape index (κ3) is 5.24. The van der Waals surface area contributed by atoms with Crippen LogP contribution in [0.4, 0.5) is 0 Å². The van der Waals surface area contributed by atoms with Gasteiger partial charge in [0.15, 0.2) is 0 Å². The molecule has 0 aromatic carbocycles. The molecule has 0 amide bonds. The zero-order valence-electron chi connectivity index (χ0n) is 12.6. The third-order valence-corrected chi connectivity index (χ3v) is 4.45. The van der Waals surface area contributed by atoms with E-state index in [1.165, 1.54) is 6.07 Å². The minimum Gasteiger partial charge on any atom is -0.447 e. The van der Waals surface area contributed by atoms with Crippen LogP contribution in [0.3, 0.4) is 0 Å². The van der Waals surface area contributed by atoms with Crippen molar-refractivity contribution in [1.82, 2.24) is 14.9 Å². The van der Waals surface area contributed by atoms with Gasteiger partial charge < -0.3 is 14.6 Å². The second-order valence-corrected chi connectivity index (χ2v) is 6.77. The molecule has 0 radical (unpaired) electrons. The van der Waals surface area contributed by atoms with Gasteiger partial charge >= 0.3 is 0 Å². The molecule has 0 saturated carbocycles. The van der Waals surface area contributed by atoms with Crippen LogP contribution in [0.15, 0.2) is 21.6 Å². The summed E-state index contributed by atoms with van der Waals surface area (Å²) in [6.45, 7) is 5.98. The first-order valence-corrected chi connectivity index (χ1v) is 8.28. The fraction of sp³-hybridized carbons (Fsp3) is 0.692. The Morgan fingerprint density at radius 2 is 2.05 bits per heavy atom. The maximum Gasteiger partial charge on any atom is 0.273 e. The fourth-order valence-electron chi connectivity index (χ4n) is 1.64. The lowest BCUT2D eigenvalue weighted by molar-refractivity contribution is 0.271. The summed E-state index contributed by atoms with van der Waals surface area (Å²) in [5, 5.41) is 2.88. The minimum absolute atomic E-state index is 0.0278. The Bertz CT molecular complexity index is 497. The predicted octanol–water partition coefficient (Wildman–Crippen LogP) is 1.01. The molecular weight excluding hydrogens is 278 g/mol. The first-order chi connectivity index (χ1) is 9.36. The first kappa shape index (κ1) is 17.2. The third-order valence-electron chi connectivity index (χ3n) is 3.11. The van der Waals surface area contributed by atoms with Crippen molar-refractivity contribution in [2.24, 2.45) is 0 Å². The minimum atomic E-state index is -3.54. The molecule has 0 fully saturated rings. The van der Waals surface area contributed by atoms with Crippen molar-refractivity contribution >= 4 is 10.0 Å². The van der Waals surface area contributed by atoms with E-state index < -0.39 is 10.0 Å². The highest BCUT2D eigenvalue weighted by atomic mass is 32.2. The second-order valence-electron chi connectivity index (χ2n) is 5.08. The van der Waals surface area contributed by atoms with E-state index in [0.29, 0.717) is 24.9 Å². The molecule has 0 atom stereocenters. The standard InChI is InChI=1S/C13H25N3O3S/c1-11(2)16(4)9-5-8-15-20(17,18)13-7-6-12(19-13)10-14-3/h6-7,11,14-15H,5,8-10H2,1-4H3. The summed E-state index contributed by atoms with van der Waals surface area (Å²) in [6, 6.07) is 3.60. The molecule has 1 rings (SSSR count). The number of nitrogens with one attached hydrogen (secondary N) is 2. The number of furan rings is 1. The van der Waals surface area contributed by atoms with Gasteiger partial charge in [-0.2, -0.15) is 0 Å². The van der Waals surface area contributed by atoms with E-state index in [-0.39, 0.29) is 5.09 Å². The van der Waals surface area contributed by atoms with Crippen molar-refractivity contribution < 1.29 is 12.8 Å². The molecule has 0 bridgehead atoms. The van der Waals surface area contributed by atoms with Crippen LogP contribution in [0.2, 0.25) is 0 Å². The molecule has 1 aromatic heterocycles. The van der Waals surface area contributed by atoms with Gasteiger partial charge in [-0.15, -0.1) is 0 Å². The quantitative estimate of drug-likeness (QED) is 0.666. The van der Waals surface area contributed by atoms with Gasteiger partial charge in [-0.3, -0.25) is 0 Å². The smallest absolute Gasteiger partial charge is 0.273 e. The molecule has 6 nitrogen and oxygen atoms in total. The molecule has 7 heteroatoms. The molecule has 1 aromatic rings. The molecule has 0 aliphatic heterocycles. The van der Waals surface area contributed by atoms with Crippen LogP contribution >= 0.6 is 0 Å². The number of hydrogen-bond acceptors (Lipinski definition) is 5. The van der Waals surface area contributed by atoms with E-state index in [9.17, 15) is 8.42 Å². The Morgan fingerprint density at radius 1 is 1.35 bits per heavy atom. The lowest BCUT2D eigenvalue weighted by Crippen LogP contribution is -2.31. The van der Waals surface area contributed by atoms with E-state index in [1.807, 2.05) is 7.05 Å². The highest BCUT2D eigenvalue weighted by Gasteiger charge is 2.18. The molecular formula is C13H25N3O3S. The van der Waals surface area contributed by atoms with Gasteiger partial charge in [-0.25, -0.2) is 13.1 Å². The molecule has 0 aliphatic carbocycles. The molecule has 116 valence electrons. The number of nitrogens with zero attached hydrogens (tertiary/aromatic N) is 1. The number of rotatable bonds is 9. The van der Waals surface area contributed by atoms with E-state index >= 15 is 0 Å². The van der Waals surface area contributed by atoms with E-state index in [1.54, 1.807) is 13.1 Å². The van der Waals surface area contributed by atoms with E-state index in [4.69, 9.17) is 4.42 Å². The monoisotopic (exact) mass is 303 g/mol. The molecule has 0 saturated heterocycles. The van der Waals surface area contributed by atoms with E-state index in [2.05, 4.69) is 28.8 Å². The molecule has 2 N–H and O–H groups in total. The van der Waals surface area contributed by atoms with Crippen molar-refractivity contribution in [3.05, 3.63) is 17.9 Å². The maximum atomic E-state index is 12.0. The van der Waals surface area contributed by atoms with Crippen LogP contribution in [0, 0.1) is 0 Å². The Kier molecular flexibility index (Phi) is 6.67. The average molecular weight is 303 g/mol. The molecule has 20 heavy (non-hydrogen) atoms. The SMILES string of the molecule is CNCc1ccc(S(=O)(=O)NCCCN(C)C(C)C)o1. The highest BCUT2D eigenvalue weighted by molar-refractivity contribution is 7.89. The Labute approximate surface area is 121 Å². The summed E-state index contributed by atoms with van der Waals surface area (Å²) >= 11 is 0. The normalized spacial score (nSPS) is 12.5. The maximum absolute atomic E-state index is 12.0. The van der Waals surface area contributed by atoms with Crippen molar-refractivity contribution in [3.8, 4) is 0 Å². The van der Waals surface area contributed by atoms with Gasteiger partial charge in [0.1, 0.15) is 5.76 Å². The molecule has 0 aliphatic rings.